The summed E-state index contributed by atoms with van der Waals surface area (Å²) in [4.78, 5) is 37.4. The Hall–Kier alpha value is -1.51. The van der Waals surface area contributed by atoms with Crippen molar-refractivity contribution < 1.29 is 42.1 Å². The van der Waals surface area contributed by atoms with Gasteiger partial charge in [0.25, 0.3) is 7.82 Å². The number of nitrogens with zero attached hydrogens (tertiary/aromatic N) is 1. The molecular weight excluding hydrogens is 677 g/mol. The number of phosphoric ester groups is 1. The molecule has 0 fully saturated rings. The number of phosphoric acid groups is 1. The van der Waals surface area contributed by atoms with Crippen LogP contribution in [0.2, 0.25) is 0 Å². The zero-order chi connectivity index (χ0) is 38.6. The lowest BCUT2D eigenvalue weighted by Gasteiger charge is -2.28. The number of hydrogen-bond donors (Lipinski definition) is 0. The molecule has 52 heavy (non-hydrogen) atoms. The van der Waals surface area contributed by atoms with Crippen LogP contribution in [0.25, 0.3) is 0 Å². The van der Waals surface area contributed by atoms with Crippen LogP contribution in [0.15, 0.2) is 24.3 Å². The summed E-state index contributed by atoms with van der Waals surface area (Å²) >= 11 is 0. The Labute approximate surface area is 319 Å². The van der Waals surface area contributed by atoms with Crippen LogP contribution in [0.1, 0.15) is 181 Å². The molecule has 9 nitrogen and oxygen atoms in total. The van der Waals surface area contributed by atoms with Gasteiger partial charge in [0.2, 0.25) is 0 Å². The standard InChI is InChI=1S/C42H80NO8P/c1-6-8-10-12-14-16-18-20-21-23-25-27-29-31-33-35-42(45)51-40(39-50-52(46,47)49-37-36-43(3,4)5)38-48-41(44)34-32-30-28-26-24-22-19-17-15-13-11-9-7-2/h14,16,18,20,40H,6-13,15,17,19,21-39H2,1-5H3/b16-14-,20-18+/t40-/m1/s1. The minimum absolute atomic E-state index is 0.0317. The normalized spacial score (nSPS) is 13.9. The number of quaternary nitrogens is 1. The van der Waals surface area contributed by atoms with Gasteiger partial charge in [-0.3, -0.25) is 14.2 Å². The molecule has 0 amide bonds. The molecule has 0 bridgehead atoms. The van der Waals surface area contributed by atoms with Crippen LogP contribution >= 0.6 is 7.82 Å². The van der Waals surface area contributed by atoms with Crippen molar-refractivity contribution in [1.82, 2.24) is 0 Å². The highest BCUT2D eigenvalue weighted by atomic mass is 31.2. The fourth-order valence-electron chi connectivity index (χ4n) is 5.64. The lowest BCUT2D eigenvalue weighted by Crippen LogP contribution is -2.37. The van der Waals surface area contributed by atoms with E-state index in [9.17, 15) is 19.0 Å². The molecule has 0 aromatic rings. The summed E-state index contributed by atoms with van der Waals surface area (Å²) in [6.07, 6.45) is 36.2. The van der Waals surface area contributed by atoms with E-state index in [0.29, 0.717) is 17.4 Å². The Morgan fingerprint density at radius 3 is 1.52 bits per heavy atom. The van der Waals surface area contributed by atoms with E-state index in [1.807, 2.05) is 21.1 Å². The number of hydrogen-bond acceptors (Lipinski definition) is 8. The number of esters is 2. The average molecular weight is 758 g/mol. The smallest absolute Gasteiger partial charge is 0.306 e. The second-order valence-corrected chi connectivity index (χ2v) is 16.8. The van der Waals surface area contributed by atoms with Crippen molar-refractivity contribution in [2.45, 2.75) is 187 Å². The molecule has 0 aliphatic carbocycles. The monoisotopic (exact) mass is 758 g/mol. The number of allylic oxidation sites excluding steroid dienone is 4. The summed E-state index contributed by atoms with van der Waals surface area (Å²) < 4.78 is 33.8. The molecule has 0 aliphatic heterocycles. The number of unbranched alkanes of at least 4 members (excludes halogenated alkanes) is 21. The number of likely N-dealkylation sites (N-methyl/N-ethyl adjacent to an activating group) is 1. The first-order valence-electron chi connectivity index (χ1n) is 21.1. The summed E-state index contributed by atoms with van der Waals surface area (Å²) in [5.41, 5.74) is 0. The van der Waals surface area contributed by atoms with E-state index in [4.69, 9.17) is 18.5 Å². The Morgan fingerprint density at radius 2 is 1.02 bits per heavy atom. The molecule has 0 N–H and O–H groups in total. The third-order valence-corrected chi connectivity index (χ3v) is 9.97. The molecule has 306 valence electrons. The van der Waals surface area contributed by atoms with E-state index in [0.717, 1.165) is 64.2 Å². The second kappa shape index (κ2) is 35.2. The highest BCUT2D eigenvalue weighted by Crippen LogP contribution is 2.38. The lowest BCUT2D eigenvalue weighted by molar-refractivity contribution is -0.870. The Balaban J connectivity index is 4.40. The first kappa shape index (κ1) is 50.5. The first-order valence-corrected chi connectivity index (χ1v) is 22.5. The van der Waals surface area contributed by atoms with Gasteiger partial charge in [-0.15, -0.1) is 0 Å². The molecule has 0 heterocycles. The molecule has 0 aromatic heterocycles. The van der Waals surface area contributed by atoms with Gasteiger partial charge < -0.3 is 27.9 Å². The van der Waals surface area contributed by atoms with Crippen molar-refractivity contribution in [1.29, 1.82) is 0 Å². The summed E-state index contributed by atoms with van der Waals surface area (Å²) in [7, 11) is 1.16. The third-order valence-electron chi connectivity index (χ3n) is 9.00. The van der Waals surface area contributed by atoms with Gasteiger partial charge >= 0.3 is 11.9 Å². The Kier molecular flexibility index (Phi) is 34.2. The number of carbonyl (C=O) groups is 2. The average Bonchev–Trinajstić information content (AvgIpc) is 3.09. The van der Waals surface area contributed by atoms with Crippen molar-refractivity contribution in [3.8, 4) is 0 Å². The molecule has 0 rings (SSSR count). The summed E-state index contributed by atoms with van der Waals surface area (Å²) in [6.45, 7) is 4.18. The van der Waals surface area contributed by atoms with Gasteiger partial charge in [0.15, 0.2) is 6.10 Å². The second-order valence-electron chi connectivity index (χ2n) is 15.4. The van der Waals surface area contributed by atoms with Gasteiger partial charge in [0.1, 0.15) is 19.8 Å². The molecule has 1 unspecified atom stereocenters. The van der Waals surface area contributed by atoms with Crippen LogP contribution in [0.3, 0.4) is 0 Å². The zero-order valence-electron chi connectivity index (χ0n) is 34.3. The van der Waals surface area contributed by atoms with Crippen LogP contribution < -0.4 is 4.89 Å². The molecular formula is C42H80NO8P. The molecule has 2 atom stereocenters. The maximum absolute atomic E-state index is 12.6. The third kappa shape index (κ3) is 38.2. The fourth-order valence-corrected chi connectivity index (χ4v) is 6.37. The summed E-state index contributed by atoms with van der Waals surface area (Å²) in [5, 5.41) is 0. The van der Waals surface area contributed by atoms with Crippen LogP contribution in [0, 0.1) is 0 Å². The van der Waals surface area contributed by atoms with E-state index in [-0.39, 0.29) is 32.0 Å². The predicted octanol–water partition coefficient (Wildman–Crippen LogP) is 10.9. The Bertz CT molecular complexity index is 949. The topological polar surface area (TPSA) is 111 Å². The molecule has 0 saturated carbocycles. The molecule has 0 radical (unpaired) electrons. The SMILES string of the molecule is CCCCC/C=C\C=C\CCCCCCCCC(=O)O[C@H](COC(=O)CCCCCCCCCCCCCCC)COP(=O)([O-])OCC[N+](C)(C)C. The van der Waals surface area contributed by atoms with E-state index in [1.54, 1.807) is 0 Å². The van der Waals surface area contributed by atoms with Gasteiger partial charge in [-0.1, -0.05) is 154 Å². The summed E-state index contributed by atoms with van der Waals surface area (Å²) in [5.74, 6) is -0.844. The van der Waals surface area contributed by atoms with Gasteiger partial charge in [0, 0.05) is 12.8 Å². The van der Waals surface area contributed by atoms with Crippen LogP contribution in [-0.2, 0) is 32.7 Å². The van der Waals surface area contributed by atoms with Crippen molar-refractivity contribution >= 4 is 19.8 Å². The minimum Gasteiger partial charge on any atom is -0.756 e. The lowest BCUT2D eigenvalue weighted by atomic mass is 10.0. The maximum Gasteiger partial charge on any atom is 0.306 e. The minimum atomic E-state index is -4.62. The molecule has 0 saturated heterocycles. The quantitative estimate of drug-likeness (QED) is 0.0201. The van der Waals surface area contributed by atoms with E-state index in [1.165, 1.54) is 83.5 Å². The molecule has 0 spiro atoms. The summed E-state index contributed by atoms with van der Waals surface area (Å²) in [6, 6.07) is 0. The van der Waals surface area contributed by atoms with Gasteiger partial charge in [-0.25, -0.2) is 0 Å². The van der Waals surface area contributed by atoms with Crippen LogP contribution in [-0.4, -0.2) is 70.0 Å². The zero-order valence-corrected chi connectivity index (χ0v) is 35.2. The van der Waals surface area contributed by atoms with Crippen LogP contribution in [0.4, 0.5) is 0 Å². The van der Waals surface area contributed by atoms with Gasteiger partial charge in [-0.05, 0) is 38.5 Å². The van der Waals surface area contributed by atoms with Crippen LogP contribution in [0.5, 0.6) is 0 Å². The number of carbonyl (C=O) groups excluding carboxylic acids is 2. The molecule has 0 aliphatic rings. The van der Waals surface area contributed by atoms with Gasteiger partial charge in [-0.2, -0.15) is 0 Å². The van der Waals surface area contributed by atoms with Gasteiger partial charge in [0.05, 0.1) is 27.7 Å². The molecule has 0 aromatic carbocycles. The molecule has 10 heteroatoms. The van der Waals surface area contributed by atoms with Crippen molar-refractivity contribution in [3.05, 3.63) is 24.3 Å². The predicted molar refractivity (Wildman–Crippen MR) is 213 cm³/mol. The largest absolute Gasteiger partial charge is 0.756 e. The maximum atomic E-state index is 12.6. The van der Waals surface area contributed by atoms with Crippen molar-refractivity contribution in [2.75, 3.05) is 47.5 Å². The number of rotatable bonds is 38. The van der Waals surface area contributed by atoms with E-state index < -0.39 is 26.5 Å². The van der Waals surface area contributed by atoms with E-state index in [2.05, 4.69) is 38.2 Å². The Morgan fingerprint density at radius 1 is 0.596 bits per heavy atom. The highest BCUT2D eigenvalue weighted by molar-refractivity contribution is 7.45. The highest BCUT2D eigenvalue weighted by Gasteiger charge is 2.21. The van der Waals surface area contributed by atoms with Crippen molar-refractivity contribution in [2.24, 2.45) is 0 Å². The number of ether oxygens (including phenoxy) is 2. The fraction of sp³-hybridized carbons (Fsp3) is 0.857. The first-order chi connectivity index (χ1) is 25.0. The van der Waals surface area contributed by atoms with E-state index >= 15 is 0 Å². The van der Waals surface area contributed by atoms with Crippen molar-refractivity contribution in [3.63, 3.8) is 0 Å².